The van der Waals surface area contributed by atoms with E-state index in [0.29, 0.717) is 22.1 Å². The molecule has 4 rings (SSSR count). The molecule has 0 bridgehead atoms. The Kier molecular flexibility index (Phi) is 6.73. The van der Waals surface area contributed by atoms with Crippen LogP contribution in [0.15, 0.2) is 88.8 Å². The number of carbonyl (C=O) groups is 2. The van der Waals surface area contributed by atoms with Crippen LogP contribution in [0.2, 0.25) is 0 Å². The normalized spacial score (nSPS) is 11.8. The summed E-state index contributed by atoms with van der Waals surface area (Å²) in [7, 11) is 1.57. The Labute approximate surface area is 194 Å². The van der Waals surface area contributed by atoms with Gasteiger partial charge >= 0.3 is 0 Å². The number of aromatic nitrogens is 2. The van der Waals surface area contributed by atoms with Crippen molar-refractivity contribution in [2.45, 2.75) is 6.04 Å². The van der Waals surface area contributed by atoms with E-state index in [0.717, 1.165) is 5.56 Å². The molecule has 34 heavy (non-hydrogen) atoms. The second-order valence-electron chi connectivity index (χ2n) is 7.26. The summed E-state index contributed by atoms with van der Waals surface area (Å²) in [5.41, 5.74) is 3.35. The van der Waals surface area contributed by atoms with Crippen LogP contribution in [0.3, 0.4) is 0 Å². The van der Waals surface area contributed by atoms with E-state index in [-0.39, 0.29) is 5.69 Å². The van der Waals surface area contributed by atoms with Gasteiger partial charge in [-0.25, -0.2) is 10.5 Å². The van der Waals surface area contributed by atoms with Crippen LogP contribution in [-0.4, -0.2) is 35.3 Å². The van der Waals surface area contributed by atoms with Gasteiger partial charge in [-0.2, -0.15) is 10.2 Å². The number of methoxy groups -OCH3 is 1. The Morgan fingerprint density at radius 2 is 1.65 bits per heavy atom. The molecule has 0 aliphatic carbocycles. The first-order valence-electron chi connectivity index (χ1n) is 10.4. The van der Waals surface area contributed by atoms with Gasteiger partial charge in [-0.15, -0.1) is 0 Å². The van der Waals surface area contributed by atoms with Gasteiger partial charge < -0.3 is 10.1 Å². The molecule has 0 aliphatic heterocycles. The van der Waals surface area contributed by atoms with E-state index in [4.69, 9.17) is 4.74 Å². The molecule has 3 aromatic carbocycles. The van der Waals surface area contributed by atoms with E-state index in [1.165, 1.54) is 6.21 Å². The number of hydrogen-bond donors (Lipinski definition) is 3. The molecule has 9 heteroatoms. The van der Waals surface area contributed by atoms with Gasteiger partial charge in [0.15, 0.2) is 6.04 Å². The first kappa shape index (κ1) is 22.4. The highest BCUT2D eigenvalue weighted by Gasteiger charge is 2.27. The summed E-state index contributed by atoms with van der Waals surface area (Å²) in [6.07, 6.45) is 1.46. The fourth-order valence-electron chi connectivity index (χ4n) is 3.34. The molecule has 0 spiro atoms. The molecule has 4 aromatic rings. The summed E-state index contributed by atoms with van der Waals surface area (Å²) >= 11 is 0. The molecule has 0 saturated carbocycles. The second-order valence-corrected chi connectivity index (χ2v) is 7.26. The lowest BCUT2D eigenvalue weighted by molar-refractivity contribution is -0.123. The van der Waals surface area contributed by atoms with Crippen molar-refractivity contribution in [2.24, 2.45) is 5.10 Å². The van der Waals surface area contributed by atoms with Crippen molar-refractivity contribution >= 4 is 28.8 Å². The van der Waals surface area contributed by atoms with Gasteiger partial charge in [0.2, 0.25) is 0 Å². The first-order chi connectivity index (χ1) is 16.6. The maximum absolute atomic E-state index is 13.1. The number of rotatable bonds is 7. The number of ether oxygens (including phenoxy) is 1. The maximum Gasteiger partial charge on any atom is 0.272 e. The summed E-state index contributed by atoms with van der Waals surface area (Å²) in [4.78, 5) is 38.2. The largest absolute Gasteiger partial charge is 0.497 e. The van der Waals surface area contributed by atoms with Crippen LogP contribution in [0.25, 0.3) is 10.8 Å². The van der Waals surface area contributed by atoms with Crippen molar-refractivity contribution < 1.29 is 14.3 Å². The lowest BCUT2D eigenvalue weighted by atomic mass is 10.0. The molecule has 170 valence electrons. The Morgan fingerprint density at radius 1 is 0.971 bits per heavy atom. The number of benzene rings is 3. The molecule has 1 aromatic heterocycles. The Hall–Kier alpha value is -4.79. The van der Waals surface area contributed by atoms with Gasteiger partial charge in [-0.1, -0.05) is 36.4 Å². The zero-order valence-electron chi connectivity index (χ0n) is 18.2. The molecule has 0 unspecified atom stereocenters. The fraction of sp³-hybridized carbons (Fsp3) is 0.0800. The fourth-order valence-corrected chi connectivity index (χ4v) is 3.34. The van der Waals surface area contributed by atoms with Crippen molar-refractivity contribution in [3.63, 3.8) is 0 Å². The molecule has 0 saturated heterocycles. The molecule has 9 nitrogen and oxygen atoms in total. The van der Waals surface area contributed by atoms with Crippen molar-refractivity contribution in [1.29, 1.82) is 0 Å². The third kappa shape index (κ3) is 4.99. The third-order valence-corrected chi connectivity index (χ3v) is 5.08. The lowest BCUT2D eigenvalue weighted by Gasteiger charge is -2.18. The first-order valence-corrected chi connectivity index (χ1v) is 10.4. The summed E-state index contributed by atoms with van der Waals surface area (Å²) < 4.78 is 5.12. The van der Waals surface area contributed by atoms with Crippen molar-refractivity contribution in [1.82, 2.24) is 20.9 Å². The van der Waals surface area contributed by atoms with Crippen molar-refractivity contribution in [3.05, 3.63) is 106 Å². The number of H-pyrrole nitrogens is 1. The molecule has 0 fully saturated rings. The van der Waals surface area contributed by atoms with Crippen LogP contribution in [0.5, 0.6) is 5.75 Å². The molecule has 2 amide bonds. The van der Waals surface area contributed by atoms with Crippen LogP contribution < -0.4 is 21.0 Å². The van der Waals surface area contributed by atoms with Gasteiger partial charge in [-0.3, -0.25) is 14.4 Å². The number of hydrazone groups is 1. The number of hydrogen-bond acceptors (Lipinski definition) is 6. The van der Waals surface area contributed by atoms with Gasteiger partial charge in [0.25, 0.3) is 17.4 Å². The molecular formula is C25H21N5O4. The highest BCUT2D eigenvalue weighted by atomic mass is 16.5. The number of amides is 2. The highest BCUT2D eigenvalue weighted by Crippen LogP contribution is 2.20. The Bertz CT molecular complexity index is 1400. The zero-order valence-corrected chi connectivity index (χ0v) is 18.2. The topological polar surface area (TPSA) is 126 Å². The quantitative estimate of drug-likeness (QED) is 0.292. The minimum absolute atomic E-state index is 0.191. The molecule has 3 N–H and O–H groups in total. The van der Waals surface area contributed by atoms with Crippen LogP contribution >= 0.6 is 0 Å². The zero-order chi connectivity index (χ0) is 23.9. The lowest BCUT2D eigenvalue weighted by Crippen LogP contribution is -2.40. The van der Waals surface area contributed by atoms with E-state index in [1.807, 2.05) is 0 Å². The maximum atomic E-state index is 13.1. The number of nitrogens with one attached hydrogen (secondary N) is 3. The van der Waals surface area contributed by atoms with E-state index in [2.05, 4.69) is 26.0 Å². The van der Waals surface area contributed by atoms with Gasteiger partial charge in [0, 0.05) is 10.9 Å². The SMILES string of the molecule is COc1ccc(/C=N/NC(=O)[C@@H](NC(=O)c2ccccc2)c2n[nH]c(=O)c3ccccc23)cc1. The van der Waals surface area contributed by atoms with Crippen LogP contribution in [0.1, 0.15) is 27.7 Å². The third-order valence-electron chi connectivity index (χ3n) is 5.08. The van der Waals surface area contributed by atoms with Gasteiger partial charge in [0.05, 0.1) is 18.7 Å². The van der Waals surface area contributed by atoms with Crippen molar-refractivity contribution in [3.8, 4) is 5.75 Å². The average molecular weight is 455 g/mol. The summed E-state index contributed by atoms with van der Waals surface area (Å²) in [6, 6.07) is 21.1. The predicted molar refractivity (Wildman–Crippen MR) is 128 cm³/mol. The molecule has 1 heterocycles. The molecule has 0 radical (unpaired) electrons. The van der Waals surface area contributed by atoms with Crippen LogP contribution in [0.4, 0.5) is 0 Å². The average Bonchev–Trinajstić information content (AvgIpc) is 2.88. The Morgan fingerprint density at radius 3 is 2.35 bits per heavy atom. The van der Waals surface area contributed by atoms with Crippen LogP contribution in [-0.2, 0) is 4.79 Å². The van der Waals surface area contributed by atoms with E-state index < -0.39 is 23.4 Å². The predicted octanol–water partition coefficient (Wildman–Crippen LogP) is 2.55. The summed E-state index contributed by atoms with van der Waals surface area (Å²) in [5.74, 6) is -0.406. The Balaban J connectivity index is 1.64. The minimum atomic E-state index is -1.22. The number of carbonyl (C=O) groups excluding carboxylic acids is 2. The smallest absolute Gasteiger partial charge is 0.272 e. The highest BCUT2D eigenvalue weighted by molar-refractivity contribution is 5.99. The van der Waals surface area contributed by atoms with Crippen LogP contribution in [0, 0.1) is 0 Å². The summed E-state index contributed by atoms with van der Waals surface area (Å²) in [6.45, 7) is 0. The van der Waals surface area contributed by atoms with E-state index >= 15 is 0 Å². The monoisotopic (exact) mass is 455 g/mol. The van der Waals surface area contributed by atoms with Gasteiger partial charge in [0.1, 0.15) is 11.4 Å². The minimum Gasteiger partial charge on any atom is -0.497 e. The molecular weight excluding hydrogens is 434 g/mol. The summed E-state index contributed by atoms with van der Waals surface area (Å²) in [5, 5.41) is 14.0. The van der Waals surface area contributed by atoms with E-state index in [1.54, 1.807) is 86.0 Å². The van der Waals surface area contributed by atoms with Gasteiger partial charge in [-0.05, 0) is 48.0 Å². The number of fused-ring (bicyclic) bond motifs is 1. The standard InChI is InChI=1S/C25H21N5O4/c1-34-18-13-11-16(12-14-18)15-26-29-25(33)22(27-23(31)17-7-3-2-4-8-17)21-19-9-5-6-10-20(19)24(32)30-28-21/h2-15,22H,1H3,(H,27,31)(H,29,33)(H,30,32)/b26-15+/t22-/m0/s1. The van der Waals surface area contributed by atoms with E-state index in [9.17, 15) is 14.4 Å². The molecule has 1 atom stereocenters. The van der Waals surface area contributed by atoms with Crippen molar-refractivity contribution in [2.75, 3.05) is 7.11 Å². The molecule has 0 aliphatic rings. The number of aromatic amines is 1. The number of nitrogens with zero attached hydrogens (tertiary/aromatic N) is 2. The second kappa shape index (κ2) is 10.2.